The lowest BCUT2D eigenvalue weighted by molar-refractivity contribution is -0.115. The molecule has 0 aromatic heterocycles. The number of anilines is 3. The summed E-state index contributed by atoms with van der Waals surface area (Å²) >= 11 is 6.00. The molecular formula is C20H26ClN3O4S. The van der Waals surface area contributed by atoms with Gasteiger partial charge in [0.15, 0.2) is 0 Å². The molecule has 0 radical (unpaired) electrons. The third-order valence-electron chi connectivity index (χ3n) is 4.18. The van der Waals surface area contributed by atoms with Crippen molar-refractivity contribution >= 4 is 44.6 Å². The van der Waals surface area contributed by atoms with E-state index in [0.29, 0.717) is 46.4 Å². The van der Waals surface area contributed by atoms with Crippen LogP contribution < -0.4 is 20.1 Å². The minimum absolute atomic E-state index is 0.0433. The average Bonchev–Trinajstić information content (AvgIpc) is 2.65. The molecule has 2 rings (SSSR count). The van der Waals surface area contributed by atoms with E-state index >= 15 is 0 Å². The van der Waals surface area contributed by atoms with Crippen molar-refractivity contribution in [1.82, 2.24) is 0 Å². The van der Waals surface area contributed by atoms with Gasteiger partial charge in [-0.2, -0.15) is 0 Å². The van der Waals surface area contributed by atoms with Crippen LogP contribution in [0.1, 0.15) is 25.3 Å². The van der Waals surface area contributed by atoms with Gasteiger partial charge >= 0.3 is 0 Å². The highest BCUT2D eigenvalue weighted by Gasteiger charge is 2.13. The molecule has 0 saturated carbocycles. The lowest BCUT2D eigenvalue weighted by Crippen LogP contribution is -2.19. The highest BCUT2D eigenvalue weighted by Crippen LogP contribution is 2.28. The molecule has 0 heterocycles. The van der Waals surface area contributed by atoms with Crippen LogP contribution in [0, 0.1) is 6.92 Å². The summed E-state index contributed by atoms with van der Waals surface area (Å²) in [6, 6.07) is 10.3. The van der Waals surface area contributed by atoms with Crippen LogP contribution in [0.5, 0.6) is 5.75 Å². The maximum atomic E-state index is 12.3. The van der Waals surface area contributed by atoms with Crippen molar-refractivity contribution in [2.75, 3.05) is 34.8 Å². The Morgan fingerprint density at radius 1 is 1.14 bits per heavy atom. The van der Waals surface area contributed by atoms with E-state index in [2.05, 4.69) is 15.4 Å². The third-order valence-corrected chi connectivity index (χ3v) is 5.89. The van der Waals surface area contributed by atoms with Crippen LogP contribution in [0.4, 0.5) is 17.1 Å². The van der Waals surface area contributed by atoms with Gasteiger partial charge in [-0.3, -0.25) is 9.52 Å². The first-order chi connectivity index (χ1) is 13.8. The molecule has 2 aromatic rings. The Bertz CT molecular complexity index is 964. The second kappa shape index (κ2) is 10.4. The number of ether oxygens (including phenoxy) is 1. The number of hydrogen-bond acceptors (Lipinski definition) is 5. The molecule has 0 unspecified atom stereocenters. The summed E-state index contributed by atoms with van der Waals surface area (Å²) < 4.78 is 31.9. The van der Waals surface area contributed by atoms with E-state index in [1.807, 2.05) is 0 Å². The van der Waals surface area contributed by atoms with Gasteiger partial charge in [-0.05, 0) is 49.2 Å². The number of benzene rings is 2. The minimum atomic E-state index is -3.40. The molecule has 0 aliphatic rings. The van der Waals surface area contributed by atoms with Gasteiger partial charge in [-0.25, -0.2) is 8.42 Å². The summed E-state index contributed by atoms with van der Waals surface area (Å²) in [6.45, 7) is 3.94. The fraction of sp³-hybridized carbons (Fsp3) is 0.350. The van der Waals surface area contributed by atoms with Crippen LogP contribution in [0.15, 0.2) is 36.4 Å². The molecule has 2 aromatic carbocycles. The molecular weight excluding hydrogens is 414 g/mol. The van der Waals surface area contributed by atoms with Crippen LogP contribution >= 0.6 is 11.6 Å². The van der Waals surface area contributed by atoms with Crippen LogP contribution in [-0.2, 0) is 14.8 Å². The van der Waals surface area contributed by atoms with E-state index in [0.717, 1.165) is 0 Å². The van der Waals surface area contributed by atoms with Gasteiger partial charge in [0.05, 0.1) is 24.2 Å². The van der Waals surface area contributed by atoms with Crippen molar-refractivity contribution < 1.29 is 17.9 Å². The number of hydrogen-bond donors (Lipinski definition) is 3. The lowest BCUT2D eigenvalue weighted by atomic mass is 10.1. The van der Waals surface area contributed by atoms with Gasteiger partial charge in [0.1, 0.15) is 5.75 Å². The molecule has 7 nitrogen and oxygen atoms in total. The van der Waals surface area contributed by atoms with Gasteiger partial charge in [0.2, 0.25) is 15.9 Å². The van der Waals surface area contributed by atoms with Crippen LogP contribution in [0.3, 0.4) is 0 Å². The van der Waals surface area contributed by atoms with Gasteiger partial charge in [0, 0.05) is 23.7 Å². The molecule has 3 N–H and O–H groups in total. The number of nitrogens with one attached hydrogen (secondary N) is 3. The Balaban J connectivity index is 1.97. The maximum Gasteiger partial charge on any atom is 0.232 e. The van der Waals surface area contributed by atoms with E-state index in [9.17, 15) is 13.2 Å². The molecule has 158 valence electrons. The lowest BCUT2D eigenvalue weighted by Gasteiger charge is -2.15. The highest BCUT2D eigenvalue weighted by atomic mass is 35.5. The van der Waals surface area contributed by atoms with Crippen molar-refractivity contribution in [3.8, 4) is 5.75 Å². The average molecular weight is 440 g/mol. The minimum Gasteiger partial charge on any atom is -0.495 e. The Morgan fingerprint density at radius 2 is 1.86 bits per heavy atom. The van der Waals surface area contributed by atoms with E-state index in [-0.39, 0.29) is 18.1 Å². The standard InChI is InChI=1S/C20H26ClN3O4S/c1-4-12-29(26,27)24-17-7-5-6-16(14(17)2)23-20(25)10-11-22-18-13-15(21)8-9-19(18)28-3/h5-9,13,22,24H,4,10-12H2,1-3H3,(H,23,25). The molecule has 9 heteroatoms. The molecule has 0 spiro atoms. The number of halogens is 1. The molecule has 0 aliphatic heterocycles. The Morgan fingerprint density at radius 3 is 2.55 bits per heavy atom. The van der Waals surface area contributed by atoms with Crippen LogP contribution in [0.2, 0.25) is 5.02 Å². The molecule has 0 aliphatic carbocycles. The monoisotopic (exact) mass is 439 g/mol. The molecule has 29 heavy (non-hydrogen) atoms. The second-order valence-corrected chi connectivity index (χ2v) is 8.75. The van der Waals surface area contributed by atoms with Crippen molar-refractivity contribution in [2.24, 2.45) is 0 Å². The normalized spacial score (nSPS) is 11.0. The van der Waals surface area contributed by atoms with E-state index < -0.39 is 10.0 Å². The van der Waals surface area contributed by atoms with Gasteiger partial charge < -0.3 is 15.4 Å². The first-order valence-electron chi connectivity index (χ1n) is 9.23. The molecule has 0 bridgehead atoms. The number of methoxy groups -OCH3 is 1. The smallest absolute Gasteiger partial charge is 0.232 e. The summed E-state index contributed by atoms with van der Waals surface area (Å²) in [5, 5.41) is 6.52. The predicted octanol–water partition coefficient (Wildman–Crippen LogP) is 4.25. The molecule has 0 fully saturated rings. The molecule has 0 atom stereocenters. The summed E-state index contributed by atoms with van der Waals surface area (Å²) in [4.78, 5) is 12.3. The summed E-state index contributed by atoms with van der Waals surface area (Å²) in [5.74, 6) is 0.481. The van der Waals surface area contributed by atoms with Gasteiger partial charge in [-0.1, -0.05) is 24.6 Å². The predicted molar refractivity (Wildman–Crippen MR) is 119 cm³/mol. The molecule has 1 amide bonds. The zero-order chi connectivity index (χ0) is 21.4. The number of sulfonamides is 1. The number of amides is 1. The topological polar surface area (TPSA) is 96.5 Å². The Kier molecular flexibility index (Phi) is 8.16. The first kappa shape index (κ1) is 22.8. The zero-order valence-electron chi connectivity index (χ0n) is 16.7. The zero-order valence-corrected chi connectivity index (χ0v) is 18.3. The van der Waals surface area contributed by atoms with E-state index in [1.54, 1.807) is 57.4 Å². The largest absolute Gasteiger partial charge is 0.495 e. The summed E-state index contributed by atoms with van der Waals surface area (Å²) in [5.41, 5.74) is 2.38. The third kappa shape index (κ3) is 6.83. The van der Waals surface area contributed by atoms with Crippen molar-refractivity contribution in [2.45, 2.75) is 26.7 Å². The van der Waals surface area contributed by atoms with Crippen LogP contribution in [0.25, 0.3) is 0 Å². The van der Waals surface area contributed by atoms with E-state index in [1.165, 1.54) is 0 Å². The van der Waals surface area contributed by atoms with Crippen LogP contribution in [-0.4, -0.2) is 33.7 Å². The number of carbonyl (C=O) groups excluding carboxylic acids is 1. The van der Waals surface area contributed by atoms with E-state index in [4.69, 9.17) is 16.3 Å². The Labute approximate surface area is 176 Å². The molecule has 0 saturated heterocycles. The first-order valence-corrected chi connectivity index (χ1v) is 11.3. The number of rotatable bonds is 10. The summed E-state index contributed by atoms with van der Waals surface area (Å²) in [7, 11) is -1.84. The quantitative estimate of drug-likeness (QED) is 0.514. The maximum absolute atomic E-state index is 12.3. The van der Waals surface area contributed by atoms with Gasteiger partial charge in [0.25, 0.3) is 0 Å². The highest BCUT2D eigenvalue weighted by molar-refractivity contribution is 7.92. The summed E-state index contributed by atoms with van der Waals surface area (Å²) in [6.07, 6.45) is 0.732. The number of carbonyl (C=O) groups is 1. The second-order valence-electron chi connectivity index (χ2n) is 6.47. The van der Waals surface area contributed by atoms with Gasteiger partial charge in [-0.15, -0.1) is 0 Å². The SMILES string of the molecule is CCCS(=O)(=O)Nc1cccc(NC(=O)CCNc2cc(Cl)ccc2OC)c1C. The van der Waals surface area contributed by atoms with Crippen molar-refractivity contribution in [3.63, 3.8) is 0 Å². The van der Waals surface area contributed by atoms with Crippen molar-refractivity contribution in [1.29, 1.82) is 0 Å². The fourth-order valence-corrected chi connectivity index (χ4v) is 4.08. The Hall–Kier alpha value is -2.45. The fourth-order valence-electron chi connectivity index (χ4n) is 2.71. The van der Waals surface area contributed by atoms with Crippen molar-refractivity contribution in [3.05, 3.63) is 47.0 Å².